The smallest absolute Gasteiger partial charge is 0.375 e. The zero-order chi connectivity index (χ0) is 24.4. The first-order chi connectivity index (χ1) is 15.0. The quantitative estimate of drug-likeness (QED) is 0.669. The molecule has 1 saturated carbocycles. The molecule has 2 unspecified atom stereocenters. The average molecular weight is 453 g/mol. The predicted molar refractivity (Wildman–Crippen MR) is 121 cm³/mol. The molecule has 0 aromatic carbocycles. The topological polar surface area (TPSA) is 49.6 Å². The summed E-state index contributed by atoms with van der Waals surface area (Å²) in [7, 11) is 0. The Morgan fingerprint density at radius 2 is 1.72 bits per heavy atom. The van der Waals surface area contributed by atoms with Crippen LogP contribution in [0.4, 0.5) is 13.2 Å². The van der Waals surface area contributed by atoms with Crippen LogP contribution >= 0.6 is 0 Å². The summed E-state index contributed by atoms with van der Waals surface area (Å²) >= 11 is 0. The lowest BCUT2D eigenvalue weighted by Crippen LogP contribution is -2.44. The first kappa shape index (κ1) is 25.7. The number of pyridine rings is 1. The van der Waals surface area contributed by atoms with E-state index < -0.39 is 17.3 Å². The summed E-state index contributed by atoms with van der Waals surface area (Å²) in [5, 5.41) is 3.04. The van der Waals surface area contributed by atoms with Crippen LogP contribution in [0.2, 0.25) is 0 Å². The summed E-state index contributed by atoms with van der Waals surface area (Å²) in [5.74, 6) is 1.15. The number of nitrogens with one attached hydrogen (secondary N) is 1. The van der Waals surface area contributed by atoms with Crippen molar-refractivity contribution >= 4 is 11.4 Å². The molecule has 4 rings (SSSR count). The molecule has 1 N–H and O–H groups in total. The molecule has 8 heteroatoms. The number of likely N-dealkylation sites (tertiary alicyclic amines) is 1. The van der Waals surface area contributed by atoms with Gasteiger partial charge in [0, 0.05) is 30.9 Å². The van der Waals surface area contributed by atoms with Gasteiger partial charge in [0.1, 0.15) is 5.82 Å². The van der Waals surface area contributed by atoms with Crippen molar-refractivity contribution in [3.63, 3.8) is 0 Å². The fourth-order valence-corrected chi connectivity index (χ4v) is 4.31. The highest BCUT2D eigenvalue weighted by atomic mass is 19.4. The molecular weight excluding hydrogens is 417 g/mol. The summed E-state index contributed by atoms with van der Waals surface area (Å²) < 4.78 is 40.3. The van der Waals surface area contributed by atoms with E-state index in [1.165, 1.54) is 12.4 Å². The van der Waals surface area contributed by atoms with E-state index in [1.807, 2.05) is 48.5 Å². The number of piperidine rings is 1. The van der Waals surface area contributed by atoms with Crippen LogP contribution in [0.15, 0.2) is 36.8 Å². The van der Waals surface area contributed by atoms with Crippen LogP contribution in [0.1, 0.15) is 59.9 Å². The third-order valence-electron chi connectivity index (χ3n) is 5.89. The van der Waals surface area contributed by atoms with E-state index in [0.29, 0.717) is 23.2 Å². The van der Waals surface area contributed by atoms with Crippen LogP contribution in [0.25, 0.3) is 5.52 Å². The highest BCUT2D eigenvalue weighted by molar-refractivity contribution is 5.83. The average Bonchev–Trinajstić information content (AvgIpc) is 3.08. The third-order valence-corrected chi connectivity index (χ3v) is 5.89. The maximum absolute atomic E-state index is 12.9. The van der Waals surface area contributed by atoms with Gasteiger partial charge in [-0.1, -0.05) is 34.3 Å². The van der Waals surface area contributed by atoms with Crippen LogP contribution in [-0.4, -0.2) is 33.3 Å². The Morgan fingerprint density at radius 3 is 2.22 bits per heavy atom. The summed E-state index contributed by atoms with van der Waals surface area (Å²) in [5.41, 5.74) is -0.170. The molecule has 1 amide bonds. The maximum atomic E-state index is 12.9. The molecule has 5 nitrogen and oxygen atoms in total. The number of hydrogen-bond donors (Lipinski definition) is 1. The third kappa shape index (κ3) is 4.94. The second-order valence-electron chi connectivity index (χ2n) is 8.40. The Hall–Kier alpha value is -2.51. The van der Waals surface area contributed by atoms with Crippen LogP contribution in [0.3, 0.4) is 0 Å². The fraction of sp³-hybridized carbons (Fsp3) is 0.583. The Morgan fingerprint density at radius 1 is 1.16 bits per heavy atom. The van der Waals surface area contributed by atoms with Gasteiger partial charge >= 0.3 is 6.18 Å². The molecule has 0 spiro atoms. The van der Waals surface area contributed by atoms with E-state index >= 15 is 0 Å². The van der Waals surface area contributed by atoms with Crippen LogP contribution in [0, 0.1) is 17.8 Å². The summed E-state index contributed by atoms with van der Waals surface area (Å²) in [4.78, 5) is 19.3. The lowest BCUT2D eigenvalue weighted by atomic mass is 10.0. The van der Waals surface area contributed by atoms with Crippen LogP contribution < -0.4 is 5.32 Å². The first-order valence-corrected chi connectivity index (χ1v) is 11.3. The van der Waals surface area contributed by atoms with Gasteiger partial charge in [-0.15, -0.1) is 0 Å². The van der Waals surface area contributed by atoms with Gasteiger partial charge in [-0.2, -0.15) is 13.2 Å². The van der Waals surface area contributed by atoms with Crippen molar-refractivity contribution in [2.45, 2.75) is 60.2 Å². The largest absolute Gasteiger partial charge is 0.416 e. The molecule has 0 radical (unpaired) electrons. The van der Waals surface area contributed by atoms with E-state index in [9.17, 15) is 18.0 Å². The fourth-order valence-electron chi connectivity index (χ4n) is 4.31. The molecule has 178 valence electrons. The number of amides is 1. The number of halogens is 3. The highest BCUT2D eigenvalue weighted by Gasteiger charge is 2.59. The molecule has 2 fully saturated rings. The van der Waals surface area contributed by atoms with Crippen molar-refractivity contribution in [2.24, 2.45) is 17.8 Å². The molecule has 0 bridgehead atoms. The van der Waals surface area contributed by atoms with Gasteiger partial charge in [-0.25, -0.2) is 4.98 Å². The SMILES string of the molecule is C=C(C)N1CC2C(C1)C2C(=O)NC(C)(C)c1ncc2cc(C(F)(F)F)ccn12.CC.CC. The number of hydrogen-bond acceptors (Lipinski definition) is 3. The minimum absolute atomic E-state index is 0.0158. The highest BCUT2D eigenvalue weighted by Crippen LogP contribution is 2.52. The van der Waals surface area contributed by atoms with E-state index in [4.69, 9.17) is 0 Å². The van der Waals surface area contributed by atoms with Gasteiger partial charge in [-0.05, 0) is 44.7 Å². The normalized spacial score (nSPS) is 21.7. The molecule has 1 aliphatic heterocycles. The molecule has 32 heavy (non-hydrogen) atoms. The van der Waals surface area contributed by atoms with Crippen molar-refractivity contribution in [3.8, 4) is 0 Å². The van der Waals surface area contributed by atoms with Gasteiger partial charge in [0.05, 0.1) is 22.8 Å². The minimum Gasteiger partial charge on any atom is -0.375 e. The molecule has 2 aliphatic rings. The zero-order valence-corrected chi connectivity index (χ0v) is 20.0. The summed E-state index contributed by atoms with van der Waals surface area (Å²) in [6, 6.07) is 2.08. The Labute approximate surface area is 188 Å². The summed E-state index contributed by atoms with van der Waals surface area (Å²) in [6.07, 6.45) is -1.66. The molecular formula is C24H35F3N4O. The second-order valence-corrected chi connectivity index (χ2v) is 8.40. The number of aromatic nitrogens is 2. The number of carbonyl (C=O) groups is 1. The van der Waals surface area contributed by atoms with Crippen LogP contribution in [-0.2, 0) is 16.5 Å². The number of alkyl halides is 3. The van der Waals surface area contributed by atoms with E-state index in [2.05, 4.69) is 21.8 Å². The molecule has 1 saturated heterocycles. The molecule has 2 aromatic heterocycles. The maximum Gasteiger partial charge on any atom is 0.416 e. The van der Waals surface area contributed by atoms with E-state index in [0.717, 1.165) is 30.9 Å². The van der Waals surface area contributed by atoms with Crippen molar-refractivity contribution in [1.29, 1.82) is 0 Å². The van der Waals surface area contributed by atoms with Gasteiger partial charge in [0.25, 0.3) is 0 Å². The molecule has 3 heterocycles. The van der Waals surface area contributed by atoms with Crippen molar-refractivity contribution in [2.75, 3.05) is 13.1 Å². The van der Waals surface area contributed by atoms with Crippen molar-refractivity contribution < 1.29 is 18.0 Å². The minimum atomic E-state index is -4.41. The number of imidazole rings is 1. The van der Waals surface area contributed by atoms with E-state index in [-0.39, 0.29) is 11.8 Å². The monoisotopic (exact) mass is 452 g/mol. The standard InChI is InChI=1S/C20H23F3N4O.2C2H6/c1-11(2)26-9-14-15(10-26)16(14)17(28)25-19(3,4)18-24-8-13-7-12(20(21,22)23)5-6-27(13)18;2*1-2/h5-8,14-16H,1,9-10H2,2-4H3,(H,25,28);2*1-2H3. The van der Waals surface area contributed by atoms with Gasteiger partial charge < -0.3 is 14.6 Å². The van der Waals surface area contributed by atoms with Gasteiger partial charge in [0.15, 0.2) is 0 Å². The zero-order valence-electron chi connectivity index (χ0n) is 20.0. The number of rotatable bonds is 4. The lowest BCUT2D eigenvalue weighted by molar-refractivity contribution is -0.137. The number of nitrogens with zero attached hydrogens (tertiary/aromatic N) is 3. The Bertz CT molecular complexity index is 952. The van der Waals surface area contributed by atoms with Crippen molar-refractivity contribution in [3.05, 3.63) is 48.2 Å². The van der Waals surface area contributed by atoms with E-state index in [1.54, 1.807) is 4.40 Å². The van der Waals surface area contributed by atoms with Gasteiger partial charge in [0.2, 0.25) is 5.91 Å². The van der Waals surface area contributed by atoms with Crippen LogP contribution in [0.5, 0.6) is 0 Å². The Kier molecular flexibility index (Phi) is 7.68. The van der Waals surface area contributed by atoms with Gasteiger partial charge in [-0.3, -0.25) is 4.79 Å². The number of carbonyl (C=O) groups excluding carboxylic acids is 1. The second kappa shape index (κ2) is 9.55. The number of allylic oxidation sites excluding steroid dienone is 1. The molecule has 2 atom stereocenters. The summed E-state index contributed by atoms with van der Waals surface area (Å²) in [6.45, 7) is 19.3. The Balaban J connectivity index is 0.000000860. The van der Waals surface area contributed by atoms with Crippen molar-refractivity contribution in [1.82, 2.24) is 19.6 Å². The molecule has 1 aliphatic carbocycles. The number of fused-ring (bicyclic) bond motifs is 2. The lowest BCUT2D eigenvalue weighted by Gasteiger charge is -2.27. The molecule has 2 aromatic rings. The predicted octanol–water partition coefficient (Wildman–Crippen LogP) is 5.47. The first-order valence-electron chi connectivity index (χ1n) is 11.3.